The van der Waals surface area contributed by atoms with Crippen LogP contribution >= 0.6 is 0 Å². The van der Waals surface area contributed by atoms with Crippen LogP contribution in [-0.2, 0) is 10.3 Å². The Kier molecular flexibility index (Phi) is 7.86. The van der Waals surface area contributed by atoms with Gasteiger partial charge >= 0.3 is 0 Å². The maximum atomic E-state index is 11.3. The topological polar surface area (TPSA) is 29.5 Å². The zero-order valence-corrected chi connectivity index (χ0v) is 14.2. The first-order valence-electron chi connectivity index (χ1n) is 7.69. The zero-order chi connectivity index (χ0) is 17.1. The molecule has 0 saturated carbocycles. The van der Waals surface area contributed by atoms with Crippen LogP contribution in [0.5, 0.6) is 0 Å². The lowest BCUT2D eigenvalue weighted by Crippen LogP contribution is -2.26. The highest BCUT2D eigenvalue weighted by molar-refractivity contribution is 5.35. The molecular formula is C21H26O2. The second-order valence-electron chi connectivity index (χ2n) is 5.21. The van der Waals surface area contributed by atoms with Crippen molar-refractivity contribution in [2.75, 3.05) is 7.11 Å². The van der Waals surface area contributed by atoms with E-state index in [-0.39, 0.29) is 0 Å². The molecule has 0 heterocycles. The van der Waals surface area contributed by atoms with Crippen molar-refractivity contribution in [1.82, 2.24) is 0 Å². The lowest BCUT2D eigenvalue weighted by molar-refractivity contribution is 0.0795. The zero-order valence-electron chi connectivity index (χ0n) is 14.2. The first-order chi connectivity index (χ1) is 11.1. The minimum absolute atomic E-state index is 0.494. The summed E-state index contributed by atoms with van der Waals surface area (Å²) >= 11 is 0. The molecule has 1 aromatic carbocycles. The summed E-state index contributed by atoms with van der Waals surface area (Å²) in [5.74, 6) is 0.657. The van der Waals surface area contributed by atoms with E-state index in [1.54, 1.807) is 13.2 Å². The van der Waals surface area contributed by atoms with Gasteiger partial charge in [0, 0.05) is 6.42 Å². The number of ether oxygens (including phenoxy) is 1. The minimum atomic E-state index is -1.06. The Bertz CT molecular complexity index is 606. The van der Waals surface area contributed by atoms with Crippen LogP contribution in [0, 0.1) is 0 Å². The molecule has 0 bridgehead atoms. The number of hydrogen-bond donors (Lipinski definition) is 1. The maximum Gasteiger partial charge on any atom is 0.118 e. The van der Waals surface area contributed by atoms with E-state index in [2.05, 4.69) is 6.58 Å². The molecule has 0 aliphatic heterocycles. The van der Waals surface area contributed by atoms with E-state index < -0.39 is 5.60 Å². The van der Waals surface area contributed by atoms with Crippen molar-refractivity contribution in [1.29, 1.82) is 0 Å². The largest absolute Gasteiger partial charge is 0.497 e. The van der Waals surface area contributed by atoms with Crippen molar-refractivity contribution in [2.24, 2.45) is 0 Å². The first kappa shape index (κ1) is 18.7. The van der Waals surface area contributed by atoms with Gasteiger partial charge in [-0.25, -0.2) is 0 Å². The van der Waals surface area contributed by atoms with Gasteiger partial charge in [-0.15, -0.1) is 0 Å². The smallest absolute Gasteiger partial charge is 0.118 e. The number of hydrogen-bond acceptors (Lipinski definition) is 2. The van der Waals surface area contributed by atoms with Gasteiger partial charge in [-0.05, 0) is 37.1 Å². The van der Waals surface area contributed by atoms with Gasteiger partial charge < -0.3 is 9.84 Å². The average molecular weight is 310 g/mol. The van der Waals surface area contributed by atoms with Gasteiger partial charge in [-0.3, -0.25) is 0 Å². The van der Waals surface area contributed by atoms with E-state index in [9.17, 15) is 5.11 Å². The van der Waals surface area contributed by atoms with Crippen LogP contribution in [0.2, 0.25) is 0 Å². The van der Waals surface area contributed by atoms with Crippen LogP contribution in [0.1, 0.15) is 25.8 Å². The normalized spacial score (nSPS) is 15.8. The Labute approximate surface area is 139 Å². The molecule has 0 aliphatic carbocycles. The van der Waals surface area contributed by atoms with E-state index in [1.165, 1.54) is 0 Å². The van der Waals surface area contributed by atoms with Crippen LogP contribution in [0.15, 0.2) is 90.8 Å². The highest BCUT2D eigenvalue weighted by atomic mass is 16.5. The average Bonchev–Trinajstić information content (AvgIpc) is 2.60. The van der Waals surface area contributed by atoms with Crippen LogP contribution < -0.4 is 0 Å². The molecule has 1 unspecified atom stereocenters. The Balaban J connectivity index is 3.20. The van der Waals surface area contributed by atoms with Crippen LogP contribution in [0.3, 0.4) is 0 Å². The maximum absolute atomic E-state index is 11.3. The summed E-state index contributed by atoms with van der Waals surface area (Å²) in [6, 6.07) is 9.69. The third kappa shape index (κ3) is 5.42. The number of aliphatic hydroxyl groups is 1. The predicted molar refractivity (Wildman–Crippen MR) is 98.0 cm³/mol. The molecule has 2 heteroatoms. The number of allylic oxidation sites excluding steroid dienone is 6. The third-order valence-electron chi connectivity index (χ3n) is 3.69. The summed E-state index contributed by atoms with van der Waals surface area (Å²) in [5, 5.41) is 11.3. The Morgan fingerprint density at radius 1 is 1.22 bits per heavy atom. The molecule has 0 aliphatic rings. The summed E-state index contributed by atoms with van der Waals surface area (Å²) in [6.45, 7) is 7.58. The molecule has 0 spiro atoms. The van der Waals surface area contributed by atoms with Crippen molar-refractivity contribution in [3.8, 4) is 0 Å². The van der Waals surface area contributed by atoms with Crippen molar-refractivity contribution in [2.45, 2.75) is 25.9 Å². The lowest BCUT2D eigenvalue weighted by atomic mass is 9.83. The summed E-state index contributed by atoms with van der Waals surface area (Å²) < 4.78 is 5.18. The summed E-state index contributed by atoms with van der Waals surface area (Å²) in [6.07, 6.45) is 13.6. The van der Waals surface area contributed by atoms with Gasteiger partial charge in [-0.2, -0.15) is 0 Å². The van der Waals surface area contributed by atoms with Crippen molar-refractivity contribution in [3.05, 3.63) is 96.3 Å². The Morgan fingerprint density at radius 2 is 1.91 bits per heavy atom. The molecule has 2 nitrogen and oxygen atoms in total. The van der Waals surface area contributed by atoms with Crippen LogP contribution in [-0.4, -0.2) is 12.2 Å². The van der Waals surface area contributed by atoms with Crippen molar-refractivity contribution < 1.29 is 9.84 Å². The highest BCUT2D eigenvalue weighted by Gasteiger charge is 2.29. The van der Waals surface area contributed by atoms with Gasteiger partial charge in [0.2, 0.25) is 0 Å². The molecule has 1 aromatic rings. The van der Waals surface area contributed by atoms with E-state index >= 15 is 0 Å². The highest BCUT2D eigenvalue weighted by Crippen LogP contribution is 2.33. The molecule has 0 amide bonds. The SMILES string of the molecule is C=C/C(=C\C=C(/C)C(O)(C/C=C\C=C/C)c1ccccc1)OC. The third-order valence-corrected chi connectivity index (χ3v) is 3.69. The fraction of sp³-hybridized carbons (Fsp3) is 0.238. The van der Waals surface area contributed by atoms with Crippen LogP contribution in [0.25, 0.3) is 0 Å². The van der Waals surface area contributed by atoms with Crippen molar-refractivity contribution >= 4 is 0 Å². The predicted octanol–water partition coefficient (Wildman–Crippen LogP) is 5.06. The molecule has 0 aromatic heterocycles. The summed E-state index contributed by atoms with van der Waals surface area (Å²) in [7, 11) is 1.60. The molecule has 1 rings (SSSR count). The summed E-state index contributed by atoms with van der Waals surface area (Å²) in [5.41, 5.74) is 0.644. The number of rotatable bonds is 8. The van der Waals surface area contributed by atoms with Crippen LogP contribution in [0.4, 0.5) is 0 Å². The van der Waals surface area contributed by atoms with Gasteiger partial charge in [0.25, 0.3) is 0 Å². The monoisotopic (exact) mass is 310 g/mol. The fourth-order valence-electron chi connectivity index (χ4n) is 2.21. The van der Waals surface area contributed by atoms with Gasteiger partial charge in [0.05, 0.1) is 7.11 Å². The van der Waals surface area contributed by atoms with Gasteiger partial charge in [-0.1, -0.05) is 67.3 Å². The van der Waals surface area contributed by atoms with E-state index in [4.69, 9.17) is 4.74 Å². The lowest BCUT2D eigenvalue weighted by Gasteiger charge is -2.29. The second-order valence-corrected chi connectivity index (χ2v) is 5.21. The molecule has 1 N–H and O–H groups in total. The van der Waals surface area contributed by atoms with E-state index in [1.807, 2.05) is 80.6 Å². The molecule has 23 heavy (non-hydrogen) atoms. The van der Waals surface area contributed by atoms with Gasteiger partial charge in [0.15, 0.2) is 0 Å². The number of benzene rings is 1. The Hall–Kier alpha value is -2.32. The standard InChI is InChI=1S/C21H26O2/c1-5-7-8-12-17-21(22,19-13-10-9-11-14-19)18(3)15-16-20(6-2)23-4/h5-16,22H,2,17H2,1,3-4H3/b7-5-,12-8-,18-15+,20-16+. The van der Waals surface area contributed by atoms with E-state index in [0.717, 1.165) is 11.1 Å². The second kappa shape index (κ2) is 9.65. The fourth-order valence-corrected chi connectivity index (χ4v) is 2.21. The molecular weight excluding hydrogens is 284 g/mol. The van der Waals surface area contributed by atoms with Gasteiger partial charge in [0.1, 0.15) is 11.4 Å². The molecule has 1 atom stereocenters. The van der Waals surface area contributed by atoms with E-state index in [0.29, 0.717) is 12.2 Å². The molecule has 0 fully saturated rings. The first-order valence-corrected chi connectivity index (χ1v) is 7.69. The summed E-state index contributed by atoms with van der Waals surface area (Å²) in [4.78, 5) is 0. The molecule has 0 radical (unpaired) electrons. The molecule has 0 saturated heterocycles. The Morgan fingerprint density at radius 3 is 2.48 bits per heavy atom. The quantitative estimate of drug-likeness (QED) is 0.537. The van der Waals surface area contributed by atoms with Crippen molar-refractivity contribution in [3.63, 3.8) is 0 Å². The molecule has 122 valence electrons. The number of methoxy groups -OCH3 is 1. The minimum Gasteiger partial charge on any atom is -0.497 e.